The molecular weight excluding hydrogens is 276 g/mol. The van der Waals surface area contributed by atoms with Crippen molar-refractivity contribution in [3.8, 4) is 0 Å². The molecule has 2 aliphatic rings. The van der Waals surface area contributed by atoms with E-state index in [1.54, 1.807) is 12.0 Å². The molecule has 0 bridgehead atoms. The summed E-state index contributed by atoms with van der Waals surface area (Å²) in [4.78, 5) is 17.5. The van der Waals surface area contributed by atoms with Crippen LogP contribution in [0.25, 0.3) is 0 Å². The Balaban J connectivity index is 1.84. The first kappa shape index (κ1) is 15.4. The zero-order valence-electron chi connectivity index (χ0n) is 12.0. The van der Waals surface area contributed by atoms with Gasteiger partial charge in [0, 0.05) is 0 Å². The summed E-state index contributed by atoms with van der Waals surface area (Å²) in [6.07, 6.45) is 12.2. The molecule has 112 valence electrons. The molecule has 1 aliphatic carbocycles. The Hall–Kier alpha value is -1.00. The van der Waals surface area contributed by atoms with Crippen molar-refractivity contribution in [1.29, 1.82) is 0 Å². The topological polar surface area (TPSA) is 41.6 Å². The van der Waals surface area contributed by atoms with Crippen LogP contribution in [0, 0.1) is 5.92 Å². The van der Waals surface area contributed by atoms with Crippen molar-refractivity contribution in [3.63, 3.8) is 0 Å². The minimum Gasteiger partial charge on any atom is -0.309 e. The molecule has 1 saturated carbocycles. The number of hydroxylamine groups is 2. The molecule has 1 amide bonds. The van der Waals surface area contributed by atoms with Crippen molar-refractivity contribution in [2.45, 2.75) is 44.4 Å². The number of carbonyl (C=O) groups excluding carboxylic acids is 1. The Morgan fingerprint density at radius 1 is 1.50 bits per heavy atom. The van der Waals surface area contributed by atoms with Crippen molar-refractivity contribution in [2.24, 2.45) is 5.92 Å². The molecule has 1 fully saturated rings. The van der Waals surface area contributed by atoms with E-state index in [-0.39, 0.29) is 5.91 Å². The molecule has 5 heteroatoms. The maximum atomic E-state index is 11.7. The van der Waals surface area contributed by atoms with Crippen LogP contribution in [-0.4, -0.2) is 29.5 Å². The molecule has 0 aromatic carbocycles. The third-order valence-corrected chi connectivity index (χ3v) is 3.93. The average Bonchev–Trinajstić information content (AvgIpc) is 2.47. The van der Waals surface area contributed by atoms with Crippen molar-refractivity contribution >= 4 is 17.5 Å². The lowest BCUT2D eigenvalue weighted by molar-refractivity contribution is -0.148. The summed E-state index contributed by atoms with van der Waals surface area (Å²) in [6.45, 7) is 3.02. The molecule has 1 N–H and O–H groups in total. The highest BCUT2D eigenvalue weighted by atomic mass is 35.5. The van der Waals surface area contributed by atoms with E-state index in [0.717, 1.165) is 6.61 Å². The van der Waals surface area contributed by atoms with Crippen molar-refractivity contribution in [2.75, 3.05) is 13.2 Å². The van der Waals surface area contributed by atoms with Gasteiger partial charge >= 0.3 is 0 Å². The maximum absolute atomic E-state index is 11.7. The predicted molar refractivity (Wildman–Crippen MR) is 79.9 cm³/mol. The fraction of sp³-hybridized carbons (Fsp3) is 0.667. The van der Waals surface area contributed by atoms with Crippen LogP contribution in [0.5, 0.6) is 0 Å². The van der Waals surface area contributed by atoms with Crippen molar-refractivity contribution in [1.82, 2.24) is 10.4 Å². The Morgan fingerprint density at radius 3 is 2.95 bits per heavy atom. The monoisotopic (exact) mass is 298 g/mol. The van der Waals surface area contributed by atoms with E-state index in [0.29, 0.717) is 18.3 Å². The third kappa shape index (κ3) is 4.53. The van der Waals surface area contributed by atoms with Gasteiger partial charge in [0.05, 0.1) is 13.2 Å². The van der Waals surface area contributed by atoms with E-state index >= 15 is 0 Å². The fourth-order valence-corrected chi connectivity index (χ4v) is 2.55. The van der Waals surface area contributed by atoms with Gasteiger partial charge in [-0.1, -0.05) is 31.4 Å². The number of hydrogen-bond donors (Lipinski definition) is 1. The number of allylic oxidation sites excluding steroid dienone is 2. The zero-order valence-corrected chi connectivity index (χ0v) is 12.7. The number of halogens is 1. The molecule has 1 aliphatic heterocycles. The van der Waals surface area contributed by atoms with Crippen LogP contribution >= 0.6 is 11.6 Å². The van der Waals surface area contributed by atoms with Gasteiger partial charge in [0.15, 0.2) is 0 Å². The van der Waals surface area contributed by atoms with Gasteiger partial charge in [0.25, 0.3) is 0 Å². The molecule has 2 rings (SSSR count). The molecule has 0 spiro atoms. The molecule has 1 unspecified atom stereocenters. The zero-order chi connectivity index (χ0) is 14.4. The van der Waals surface area contributed by atoms with Gasteiger partial charge in [0.1, 0.15) is 11.2 Å². The fourth-order valence-electron chi connectivity index (χ4n) is 2.50. The summed E-state index contributed by atoms with van der Waals surface area (Å²) in [5, 5.41) is 3.98. The molecular formula is C15H23ClN2O2. The van der Waals surface area contributed by atoms with Gasteiger partial charge in [-0.25, -0.2) is 5.06 Å². The van der Waals surface area contributed by atoms with Crippen LogP contribution in [0.15, 0.2) is 24.0 Å². The molecule has 0 saturated heterocycles. The lowest BCUT2D eigenvalue weighted by atomic mass is 9.90. The van der Waals surface area contributed by atoms with Gasteiger partial charge < -0.3 is 5.32 Å². The predicted octanol–water partition coefficient (Wildman–Crippen LogP) is 2.96. The number of carbonyl (C=O) groups is 1. The van der Waals surface area contributed by atoms with Crippen LogP contribution in [0.2, 0.25) is 0 Å². The van der Waals surface area contributed by atoms with E-state index in [9.17, 15) is 4.79 Å². The lowest BCUT2D eigenvalue weighted by Crippen LogP contribution is -2.39. The Morgan fingerprint density at radius 2 is 2.25 bits per heavy atom. The molecule has 0 aromatic rings. The highest BCUT2D eigenvalue weighted by Gasteiger charge is 2.20. The van der Waals surface area contributed by atoms with Crippen molar-refractivity contribution in [3.05, 3.63) is 24.0 Å². The quantitative estimate of drug-likeness (QED) is 0.794. The largest absolute Gasteiger partial charge is 0.309 e. The third-order valence-electron chi connectivity index (χ3n) is 3.73. The SMILES string of the molecule is CC(Cl)C(=O)NC1=CC=CCN1OCC1CCCCC1. The summed E-state index contributed by atoms with van der Waals surface area (Å²) >= 11 is 5.78. The molecule has 20 heavy (non-hydrogen) atoms. The maximum Gasteiger partial charge on any atom is 0.243 e. The van der Waals surface area contributed by atoms with Gasteiger partial charge in [0.2, 0.25) is 5.91 Å². The van der Waals surface area contributed by atoms with Crippen LogP contribution < -0.4 is 5.32 Å². The summed E-state index contributed by atoms with van der Waals surface area (Å²) in [7, 11) is 0. The second-order valence-corrected chi connectivity index (χ2v) is 6.10. The lowest BCUT2D eigenvalue weighted by Gasteiger charge is -2.30. The van der Waals surface area contributed by atoms with E-state index < -0.39 is 5.38 Å². The molecule has 0 radical (unpaired) electrons. The standard InChI is InChI=1S/C15H23ClN2O2/c1-12(16)15(19)17-14-9-5-6-10-18(14)20-11-13-7-3-2-4-8-13/h5-6,9,12-13H,2-4,7-8,10-11H2,1H3,(H,17,19). The van der Waals surface area contributed by atoms with E-state index in [2.05, 4.69) is 5.32 Å². The number of rotatable bonds is 5. The molecule has 1 heterocycles. The first-order valence-corrected chi connectivity index (χ1v) is 7.82. The van der Waals surface area contributed by atoms with Crippen LogP contribution in [-0.2, 0) is 9.63 Å². The van der Waals surface area contributed by atoms with E-state index in [1.807, 2.05) is 18.2 Å². The minimum absolute atomic E-state index is 0.209. The summed E-state index contributed by atoms with van der Waals surface area (Å²) in [5.74, 6) is 1.10. The summed E-state index contributed by atoms with van der Waals surface area (Å²) in [5.41, 5.74) is 0. The minimum atomic E-state index is -0.554. The summed E-state index contributed by atoms with van der Waals surface area (Å²) in [6, 6.07) is 0. The number of amides is 1. The Kier molecular flexibility index (Phi) is 5.92. The van der Waals surface area contributed by atoms with E-state index in [4.69, 9.17) is 16.4 Å². The normalized spacial score (nSPS) is 21.5. The van der Waals surface area contributed by atoms with Gasteiger partial charge in [-0.15, -0.1) is 11.6 Å². The second kappa shape index (κ2) is 7.70. The smallest absolute Gasteiger partial charge is 0.243 e. The van der Waals surface area contributed by atoms with Crippen LogP contribution in [0.1, 0.15) is 39.0 Å². The second-order valence-electron chi connectivity index (χ2n) is 5.45. The Labute approximate surface area is 125 Å². The van der Waals surface area contributed by atoms with E-state index in [1.165, 1.54) is 32.1 Å². The number of nitrogens with zero attached hydrogens (tertiary/aromatic N) is 1. The molecule has 1 atom stereocenters. The van der Waals surface area contributed by atoms with Gasteiger partial charge in [-0.2, -0.15) is 0 Å². The molecule has 0 aromatic heterocycles. The number of nitrogens with one attached hydrogen (secondary N) is 1. The van der Waals surface area contributed by atoms with Crippen LogP contribution in [0.4, 0.5) is 0 Å². The Bertz CT molecular complexity index is 387. The van der Waals surface area contributed by atoms with Gasteiger partial charge in [-0.3, -0.25) is 9.63 Å². The highest BCUT2D eigenvalue weighted by Crippen LogP contribution is 2.24. The van der Waals surface area contributed by atoms with Crippen LogP contribution in [0.3, 0.4) is 0 Å². The first-order chi connectivity index (χ1) is 9.66. The molecule has 4 nitrogen and oxygen atoms in total. The average molecular weight is 299 g/mol. The first-order valence-electron chi connectivity index (χ1n) is 7.39. The van der Waals surface area contributed by atoms with Gasteiger partial charge in [-0.05, 0) is 31.8 Å². The number of alkyl halides is 1. The number of hydrogen-bond acceptors (Lipinski definition) is 3. The highest BCUT2D eigenvalue weighted by molar-refractivity contribution is 6.30. The summed E-state index contributed by atoms with van der Waals surface area (Å²) < 4.78 is 0. The van der Waals surface area contributed by atoms with Crippen molar-refractivity contribution < 1.29 is 9.63 Å².